The van der Waals surface area contributed by atoms with E-state index in [1.54, 1.807) is 7.11 Å². The van der Waals surface area contributed by atoms with Crippen molar-refractivity contribution in [3.63, 3.8) is 0 Å². The van der Waals surface area contributed by atoms with Crippen molar-refractivity contribution in [2.75, 3.05) is 47.4 Å². The van der Waals surface area contributed by atoms with Crippen LogP contribution in [0, 0.1) is 11.3 Å². The molecule has 5 nitrogen and oxygen atoms in total. The Labute approximate surface area is 168 Å². The predicted molar refractivity (Wildman–Crippen MR) is 112 cm³/mol. The Morgan fingerprint density at radius 3 is 2.50 bits per heavy atom. The van der Waals surface area contributed by atoms with Gasteiger partial charge in [-0.05, 0) is 68.9 Å². The molecule has 5 heteroatoms. The second-order valence-corrected chi connectivity index (χ2v) is 7.46. The highest BCUT2D eigenvalue weighted by Gasteiger charge is 2.23. The normalized spacial score (nSPS) is 16.9. The summed E-state index contributed by atoms with van der Waals surface area (Å²) in [7, 11) is 5.98. The van der Waals surface area contributed by atoms with Gasteiger partial charge >= 0.3 is 0 Å². The van der Waals surface area contributed by atoms with Gasteiger partial charge in [-0.3, -0.25) is 0 Å². The number of likely N-dealkylation sites (N-methyl/N-ethyl adjacent to an activating group) is 1. The average Bonchev–Trinajstić information content (AvgIpc) is 3.20. The third-order valence-corrected chi connectivity index (χ3v) is 5.36. The number of hydrogen-bond donors (Lipinski definition) is 0. The highest BCUT2D eigenvalue weighted by Crippen LogP contribution is 2.32. The monoisotopic (exact) mass is 379 g/mol. The number of rotatable bonds is 8. The van der Waals surface area contributed by atoms with Crippen LogP contribution < -0.4 is 9.47 Å². The molecule has 0 aromatic heterocycles. The van der Waals surface area contributed by atoms with Crippen LogP contribution in [0.3, 0.4) is 0 Å². The summed E-state index contributed by atoms with van der Waals surface area (Å²) in [6.45, 7) is 4.06. The molecule has 2 aromatic rings. The van der Waals surface area contributed by atoms with Gasteiger partial charge in [-0.25, -0.2) is 0 Å². The lowest BCUT2D eigenvalue weighted by molar-refractivity contribution is 0.238. The van der Waals surface area contributed by atoms with Gasteiger partial charge in [0.2, 0.25) is 0 Å². The maximum absolute atomic E-state index is 8.94. The molecular weight excluding hydrogens is 350 g/mol. The first-order valence-corrected chi connectivity index (χ1v) is 9.81. The molecule has 1 fully saturated rings. The summed E-state index contributed by atoms with van der Waals surface area (Å²) in [5.74, 6) is 1.50. The fraction of sp³-hybridized carbons (Fsp3) is 0.435. The fourth-order valence-corrected chi connectivity index (χ4v) is 3.61. The number of benzene rings is 2. The summed E-state index contributed by atoms with van der Waals surface area (Å²) in [5.41, 5.74) is 2.75. The molecule has 0 N–H and O–H groups in total. The molecule has 1 aliphatic heterocycles. The number of likely N-dealkylation sites (tertiary alicyclic amines) is 1. The predicted octanol–water partition coefficient (Wildman–Crippen LogP) is 3.64. The molecule has 1 atom stereocenters. The topological polar surface area (TPSA) is 48.7 Å². The van der Waals surface area contributed by atoms with Gasteiger partial charge in [-0.2, -0.15) is 5.26 Å². The molecule has 0 saturated carbocycles. The van der Waals surface area contributed by atoms with E-state index in [-0.39, 0.29) is 0 Å². The number of nitrogens with zero attached hydrogens (tertiary/aromatic N) is 3. The van der Waals surface area contributed by atoms with Gasteiger partial charge in [0.1, 0.15) is 0 Å². The number of ether oxygens (including phenoxy) is 2. The van der Waals surface area contributed by atoms with Crippen LogP contribution in [-0.4, -0.2) is 63.3 Å². The van der Waals surface area contributed by atoms with Gasteiger partial charge in [0.15, 0.2) is 11.5 Å². The molecule has 1 aliphatic rings. The summed E-state index contributed by atoms with van der Waals surface area (Å²) in [6.07, 6.45) is 2.25. The molecule has 0 unspecified atom stereocenters. The van der Waals surface area contributed by atoms with E-state index >= 15 is 0 Å². The van der Waals surface area contributed by atoms with E-state index < -0.39 is 0 Å². The number of nitriles is 1. The maximum Gasteiger partial charge on any atom is 0.161 e. The van der Waals surface area contributed by atoms with E-state index in [0.29, 0.717) is 18.2 Å². The van der Waals surface area contributed by atoms with E-state index in [2.05, 4.69) is 30.0 Å². The average molecular weight is 380 g/mol. The fourth-order valence-electron chi connectivity index (χ4n) is 3.61. The molecule has 28 heavy (non-hydrogen) atoms. The molecule has 0 radical (unpaired) electrons. The Bertz CT molecular complexity index is 812. The molecule has 2 aromatic carbocycles. The second kappa shape index (κ2) is 9.59. The lowest BCUT2D eigenvalue weighted by Crippen LogP contribution is -2.32. The van der Waals surface area contributed by atoms with Gasteiger partial charge in [0.25, 0.3) is 0 Å². The molecular formula is C23H29N3O2. The Hall–Kier alpha value is -2.55. The van der Waals surface area contributed by atoms with Gasteiger partial charge in [-0.15, -0.1) is 0 Å². The van der Waals surface area contributed by atoms with Crippen LogP contribution in [0.15, 0.2) is 42.5 Å². The quantitative estimate of drug-likeness (QED) is 0.656. The van der Waals surface area contributed by atoms with Crippen LogP contribution in [0.5, 0.6) is 11.5 Å². The standard InChI is InChI=1S/C23H29N3O2/c1-25(2)21-11-13-26(17-21)12-4-14-28-22-10-9-20(15-23(22)27-3)19-7-5-18(16-24)6-8-19/h5-10,15,21H,4,11-14,17H2,1-3H3/t21-/m1/s1. The number of methoxy groups -OCH3 is 1. The summed E-state index contributed by atoms with van der Waals surface area (Å²) in [6, 6.07) is 16.3. The van der Waals surface area contributed by atoms with Crippen LogP contribution in [0.4, 0.5) is 0 Å². The van der Waals surface area contributed by atoms with Crippen molar-refractivity contribution >= 4 is 0 Å². The van der Waals surface area contributed by atoms with Crippen LogP contribution in [-0.2, 0) is 0 Å². The van der Waals surface area contributed by atoms with Crippen molar-refractivity contribution in [3.8, 4) is 28.7 Å². The molecule has 0 spiro atoms. The lowest BCUT2D eigenvalue weighted by atomic mass is 10.0. The van der Waals surface area contributed by atoms with Gasteiger partial charge < -0.3 is 19.3 Å². The Morgan fingerprint density at radius 2 is 1.86 bits per heavy atom. The van der Waals surface area contributed by atoms with Gasteiger partial charge in [0, 0.05) is 19.1 Å². The zero-order valence-corrected chi connectivity index (χ0v) is 17.0. The van der Waals surface area contributed by atoms with Crippen molar-refractivity contribution < 1.29 is 9.47 Å². The minimum Gasteiger partial charge on any atom is -0.493 e. The highest BCUT2D eigenvalue weighted by atomic mass is 16.5. The SMILES string of the molecule is COc1cc(-c2ccc(C#N)cc2)ccc1OCCCN1CC[C@@H](N(C)C)C1. The van der Waals surface area contributed by atoms with Crippen molar-refractivity contribution in [1.82, 2.24) is 9.80 Å². The summed E-state index contributed by atoms with van der Waals surface area (Å²) in [4.78, 5) is 4.83. The molecule has 1 saturated heterocycles. The maximum atomic E-state index is 8.94. The minimum absolute atomic E-state index is 0.658. The first-order chi connectivity index (χ1) is 13.6. The van der Waals surface area contributed by atoms with Gasteiger partial charge in [-0.1, -0.05) is 18.2 Å². The molecule has 148 valence electrons. The second-order valence-electron chi connectivity index (χ2n) is 7.46. The van der Waals surface area contributed by atoms with Gasteiger partial charge in [0.05, 0.1) is 25.3 Å². The van der Waals surface area contributed by atoms with E-state index in [9.17, 15) is 0 Å². The van der Waals surface area contributed by atoms with E-state index in [0.717, 1.165) is 42.1 Å². The zero-order chi connectivity index (χ0) is 19.9. The Balaban J connectivity index is 1.53. The first kappa shape index (κ1) is 20.2. The molecule has 0 aliphatic carbocycles. The third-order valence-electron chi connectivity index (χ3n) is 5.36. The van der Waals surface area contributed by atoms with E-state index in [1.165, 1.54) is 13.0 Å². The van der Waals surface area contributed by atoms with Crippen molar-refractivity contribution in [2.45, 2.75) is 18.9 Å². The van der Waals surface area contributed by atoms with Crippen molar-refractivity contribution in [1.29, 1.82) is 5.26 Å². The highest BCUT2D eigenvalue weighted by molar-refractivity contribution is 5.67. The van der Waals surface area contributed by atoms with E-state index in [4.69, 9.17) is 14.7 Å². The molecule has 0 bridgehead atoms. The Morgan fingerprint density at radius 1 is 1.11 bits per heavy atom. The third kappa shape index (κ3) is 5.03. The summed E-state index contributed by atoms with van der Waals surface area (Å²) >= 11 is 0. The van der Waals surface area contributed by atoms with Crippen LogP contribution in [0.2, 0.25) is 0 Å². The first-order valence-electron chi connectivity index (χ1n) is 9.81. The number of hydrogen-bond acceptors (Lipinski definition) is 5. The Kier molecular flexibility index (Phi) is 6.91. The lowest BCUT2D eigenvalue weighted by Gasteiger charge is -2.20. The van der Waals surface area contributed by atoms with Crippen LogP contribution in [0.1, 0.15) is 18.4 Å². The van der Waals surface area contributed by atoms with Crippen molar-refractivity contribution in [2.24, 2.45) is 0 Å². The largest absolute Gasteiger partial charge is 0.493 e. The minimum atomic E-state index is 0.658. The smallest absolute Gasteiger partial charge is 0.161 e. The zero-order valence-electron chi connectivity index (χ0n) is 17.0. The molecule has 0 amide bonds. The summed E-state index contributed by atoms with van der Waals surface area (Å²) in [5, 5.41) is 8.94. The molecule has 1 heterocycles. The van der Waals surface area contributed by atoms with Crippen LogP contribution in [0.25, 0.3) is 11.1 Å². The van der Waals surface area contributed by atoms with Crippen molar-refractivity contribution in [3.05, 3.63) is 48.0 Å². The molecule has 3 rings (SSSR count). The van der Waals surface area contributed by atoms with E-state index in [1.807, 2.05) is 42.5 Å². The summed E-state index contributed by atoms with van der Waals surface area (Å²) < 4.78 is 11.5. The van der Waals surface area contributed by atoms with Crippen LogP contribution >= 0.6 is 0 Å².